The number of rotatable bonds is 2. The van der Waals surface area contributed by atoms with E-state index in [2.05, 4.69) is 5.32 Å². The fourth-order valence-electron chi connectivity index (χ4n) is 1.35. The molecule has 1 saturated heterocycles. The average molecular weight is 176 g/mol. The second-order valence-electron chi connectivity index (χ2n) is 2.97. The molecule has 1 fully saturated rings. The van der Waals surface area contributed by atoms with Crippen molar-refractivity contribution in [3.63, 3.8) is 0 Å². The van der Waals surface area contributed by atoms with Crippen LogP contribution in [0.4, 0.5) is 0 Å². The third-order valence-electron chi connectivity index (χ3n) is 2.19. The Hall–Kier alpha value is 0.0700. The number of hydrogen-bond acceptors (Lipinski definition) is 2. The van der Waals surface area contributed by atoms with Gasteiger partial charge in [-0.15, -0.1) is 0 Å². The molecule has 1 aliphatic heterocycles. The number of likely N-dealkylation sites (N-methyl/N-ethyl adjacent to an activating group) is 1. The lowest BCUT2D eigenvalue weighted by molar-refractivity contribution is 0.313. The molecule has 0 aliphatic carbocycles. The zero-order valence-electron chi connectivity index (χ0n) is 7.17. The number of nitrogens with one attached hydrogen (secondary N) is 1. The molecule has 0 spiro atoms. The molecule has 0 saturated carbocycles. The lowest BCUT2D eigenvalue weighted by Gasteiger charge is -2.29. The van der Waals surface area contributed by atoms with Crippen molar-refractivity contribution in [2.45, 2.75) is 18.9 Å². The first-order valence-electron chi connectivity index (χ1n) is 3.99. The molecule has 3 nitrogen and oxygen atoms in total. The molecule has 1 rings (SSSR count). The van der Waals surface area contributed by atoms with Crippen molar-refractivity contribution < 1.29 is 4.21 Å². The molecule has 11 heavy (non-hydrogen) atoms. The molecule has 0 bridgehead atoms. The van der Waals surface area contributed by atoms with E-state index in [0.717, 1.165) is 13.1 Å². The molecule has 1 heterocycles. The van der Waals surface area contributed by atoms with Gasteiger partial charge in [0, 0.05) is 25.9 Å². The van der Waals surface area contributed by atoms with E-state index in [0.29, 0.717) is 6.04 Å². The number of hydrogen-bond donors (Lipinski definition) is 1. The van der Waals surface area contributed by atoms with Crippen LogP contribution in [0.3, 0.4) is 0 Å². The summed E-state index contributed by atoms with van der Waals surface area (Å²) in [6, 6.07) is 0.467. The van der Waals surface area contributed by atoms with E-state index in [4.69, 9.17) is 0 Å². The Morgan fingerprint density at radius 1 is 1.64 bits per heavy atom. The van der Waals surface area contributed by atoms with Gasteiger partial charge in [0.25, 0.3) is 0 Å². The first-order valence-corrected chi connectivity index (χ1v) is 5.50. The van der Waals surface area contributed by atoms with Gasteiger partial charge >= 0.3 is 0 Å². The Bertz CT molecular complexity index is 145. The van der Waals surface area contributed by atoms with Gasteiger partial charge in [0.05, 0.1) is 11.0 Å². The molecule has 0 aromatic carbocycles. The summed E-state index contributed by atoms with van der Waals surface area (Å²) >= 11 is 0. The topological polar surface area (TPSA) is 32.3 Å². The van der Waals surface area contributed by atoms with Crippen LogP contribution in [-0.4, -0.2) is 40.9 Å². The van der Waals surface area contributed by atoms with E-state index < -0.39 is 11.0 Å². The van der Waals surface area contributed by atoms with Gasteiger partial charge < -0.3 is 5.32 Å². The molecule has 0 amide bonds. The van der Waals surface area contributed by atoms with Gasteiger partial charge in [-0.1, -0.05) is 0 Å². The minimum atomic E-state index is -0.815. The zero-order chi connectivity index (χ0) is 8.27. The fourth-order valence-corrected chi connectivity index (χ4v) is 1.95. The van der Waals surface area contributed by atoms with Crippen molar-refractivity contribution in [2.75, 3.05) is 26.4 Å². The minimum Gasteiger partial charge on any atom is -0.315 e. The van der Waals surface area contributed by atoms with Crippen molar-refractivity contribution in [1.29, 1.82) is 0 Å². The summed E-state index contributed by atoms with van der Waals surface area (Å²) in [4.78, 5) is 0. The van der Waals surface area contributed by atoms with Crippen molar-refractivity contribution >= 4 is 11.0 Å². The monoisotopic (exact) mass is 176 g/mol. The minimum absolute atomic E-state index is 0.467. The van der Waals surface area contributed by atoms with Gasteiger partial charge in [-0.3, -0.25) is 0 Å². The molecule has 4 heteroatoms. The highest BCUT2D eigenvalue weighted by Gasteiger charge is 2.19. The van der Waals surface area contributed by atoms with E-state index >= 15 is 0 Å². The maximum atomic E-state index is 11.1. The summed E-state index contributed by atoms with van der Waals surface area (Å²) in [7, 11) is 1.11. The molecule has 1 aliphatic rings. The number of nitrogens with zero attached hydrogens (tertiary/aromatic N) is 1. The van der Waals surface area contributed by atoms with Crippen molar-refractivity contribution in [3.05, 3.63) is 0 Å². The lowest BCUT2D eigenvalue weighted by Crippen LogP contribution is -2.44. The Labute approximate surface area is 70.7 Å². The second kappa shape index (κ2) is 4.18. The first kappa shape index (κ1) is 9.16. The zero-order valence-corrected chi connectivity index (χ0v) is 7.99. The third kappa shape index (κ3) is 2.54. The predicted octanol–water partition coefficient (Wildman–Crippen LogP) is -0.0363. The van der Waals surface area contributed by atoms with Crippen molar-refractivity contribution in [2.24, 2.45) is 0 Å². The molecule has 0 aromatic heterocycles. The largest absolute Gasteiger partial charge is 0.315 e. The Morgan fingerprint density at radius 3 is 2.82 bits per heavy atom. The molecule has 2 unspecified atom stereocenters. The lowest BCUT2D eigenvalue weighted by atomic mass is 10.1. The first-order chi connectivity index (χ1) is 5.22. The average Bonchev–Trinajstić information content (AvgIpc) is 2.05. The van der Waals surface area contributed by atoms with Gasteiger partial charge in [0.1, 0.15) is 0 Å². The molecule has 0 radical (unpaired) electrons. The third-order valence-corrected chi connectivity index (χ3v) is 3.30. The summed E-state index contributed by atoms with van der Waals surface area (Å²) < 4.78 is 13.0. The molecule has 66 valence electrons. The van der Waals surface area contributed by atoms with Crippen LogP contribution in [-0.2, 0) is 11.0 Å². The van der Waals surface area contributed by atoms with E-state index in [-0.39, 0.29) is 0 Å². The van der Waals surface area contributed by atoms with Crippen LogP contribution < -0.4 is 5.32 Å². The highest BCUT2D eigenvalue weighted by molar-refractivity contribution is 7.81. The SMILES string of the molecule is CN(C1CCCNC1)S(C)=O. The molecular weight excluding hydrogens is 160 g/mol. The smallest absolute Gasteiger partial charge is 0.0911 e. The van der Waals surface area contributed by atoms with Gasteiger partial charge in [0.2, 0.25) is 0 Å². The second-order valence-corrected chi connectivity index (χ2v) is 4.39. The van der Waals surface area contributed by atoms with Crippen LogP contribution in [0.25, 0.3) is 0 Å². The quantitative estimate of drug-likeness (QED) is 0.640. The maximum absolute atomic E-state index is 11.1. The molecule has 2 atom stereocenters. The van der Waals surface area contributed by atoms with Gasteiger partial charge in [-0.25, -0.2) is 8.51 Å². The van der Waals surface area contributed by atoms with E-state index in [1.807, 2.05) is 11.4 Å². The Morgan fingerprint density at radius 2 is 2.36 bits per heavy atom. The summed E-state index contributed by atoms with van der Waals surface area (Å²) in [5.41, 5.74) is 0. The highest BCUT2D eigenvalue weighted by Crippen LogP contribution is 2.08. The van der Waals surface area contributed by atoms with Gasteiger partial charge in [-0.2, -0.15) is 0 Å². The van der Waals surface area contributed by atoms with Crippen LogP contribution in [0, 0.1) is 0 Å². The van der Waals surface area contributed by atoms with E-state index in [1.54, 1.807) is 6.26 Å². The maximum Gasteiger partial charge on any atom is 0.0911 e. The summed E-state index contributed by atoms with van der Waals surface area (Å²) in [6.07, 6.45) is 4.10. The summed E-state index contributed by atoms with van der Waals surface area (Å²) in [5.74, 6) is 0. The van der Waals surface area contributed by atoms with Crippen molar-refractivity contribution in [1.82, 2.24) is 9.62 Å². The van der Waals surface area contributed by atoms with Crippen molar-refractivity contribution in [3.8, 4) is 0 Å². The van der Waals surface area contributed by atoms with Gasteiger partial charge in [-0.05, 0) is 19.4 Å². The van der Waals surface area contributed by atoms with Crippen LogP contribution >= 0.6 is 0 Å². The predicted molar refractivity (Wildman–Crippen MR) is 47.7 cm³/mol. The normalized spacial score (nSPS) is 28.8. The Balaban J connectivity index is 2.38. The molecule has 0 aromatic rings. The van der Waals surface area contributed by atoms with Crippen LogP contribution in [0.2, 0.25) is 0 Å². The van der Waals surface area contributed by atoms with Gasteiger partial charge in [0.15, 0.2) is 0 Å². The Kier molecular flexibility index (Phi) is 3.48. The van der Waals surface area contributed by atoms with E-state index in [1.165, 1.54) is 12.8 Å². The molecule has 1 N–H and O–H groups in total. The number of piperidine rings is 1. The van der Waals surface area contributed by atoms with Crippen LogP contribution in [0.15, 0.2) is 0 Å². The summed E-state index contributed by atoms with van der Waals surface area (Å²) in [6.45, 7) is 2.09. The standard InChI is InChI=1S/C7H16N2OS/c1-9(11(2)10)7-4-3-5-8-6-7/h7-8H,3-6H2,1-2H3. The highest BCUT2D eigenvalue weighted by atomic mass is 32.2. The van der Waals surface area contributed by atoms with Crippen LogP contribution in [0.5, 0.6) is 0 Å². The van der Waals surface area contributed by atoms with Crippen LogP contribution in [0.1, 0.15) is 12.8 Å². The molecular formula is C7H16N2OS. The van der Waals surface area contributed by atoms with E-state index in [9.17, 15) is 4.21 Å². The fraction of sp³-hybridized carbons (Fsp3) is 1.00. The summed E-state index contributed by atoms with van der Waals surface area (Å²) in [5, 5.41) is 3.29.